The second-order valence-corrected chi connectivity index (χ2v) is 6.75. The van der Waals surface area contributed by atoms with E-state index in [1.54, 1.807) is 0 Å². The molecular weight excluding hydrogens is 320 g/mol. The van der Waals surface area contributed by atoms with E-state index in [0.29, 0.717) is 18.4 Å². The Kier molecular flexibility index (Phi) is 7.71. The van der Waals surface area contributed by atoms with Gasteiger partial charge in [0.2, 0.25) is 0 Å². The van der Waals surface area contributed by atoms with Gasteiger partial charge in [-0.2, -0.15) is 0 Å². The molecule has 0 fully saturated rings. The molecule has 2 rings (SSSR count). The smallest absolute Gasteiger partial charge is 0.127 e. The van der Waals surface area contributed by atoms with Crippen molar-refractivity contribution in [3.05, 3.63) is 35.9 Å². The normalized spacial score (nSPS) is 12.3. The van der Waals surface area contributed by atoms with Crippen molar-refractivity contribution in [1.82, 2.24) is 0 Å². The summed E-state index contributed by atoms with van der Waals surface area (Å²) in [4.78, 5) is 0. The molecule has 0 aliphatic heterocycles. The maximum Gasteiger partial charge on any atom is 0.127 e. The third-order valence-corrected chi connectivity index (χ3v) is 4.60. The van der Waals surface area contributed by atoms with Crippen LogP contribution in [-0.4, -0.2) is 19.1 Å². The average Bonchev–Trinajstić information content (AvgIpc) is 2.60. The molecule has 2 aromatic carbocycles. The van der Waals surface area contributed by atoms with Crippen molar-refractivity contribution in [1.29, 1.82) is 0 Å². The van der Waals surface area contributed by atoms with Crippen LogP contribution in [0.25, 0.3) is 10.8 Å². The molecule has 132 valence electrons. The SMILES string of the molecule is CCCCC(CC)COc1ccc(OCCCl)c2cc(C)ccc12. The molecule has 0 N–H and O–H groups in total. The number of unbranched alkanes of at least 4 members (excludes halogenated alkanes) is 1. The van der Waals surface area contributed by atoms with Gasteiger partial charge in [0.05, 0.1) is 12.5 Å². The van der Waals surface area contributed by atoms with Crippen molar-refractivity contribution >= 4 is 22.4 Å². The van der Waals surface area contributed by atoms with E-state index in [4.69, 9.17) is 21.1 Å². The van der Waals surface area contributed by atoms with Gasteiger partial charge in [0.15, 0.2) is 0 Å². The molecule has 2 aromatic rings. The van der Waals surface area contributed by atoms with Crippen molar-refractivity contribution < 1.29 is 9.47 Å². The highest BCUT2D eigenvalue weighted by Gasteiger charge is 2.11. The summed E-state index contributed by atoms with van der Waals surface area (Å²) in [7, 11) is 0. The Bertz CT molecular complexity index is 639. The topological polar surface area (TPSA) is 18.5 Å². The molecule has 3 heteroatoms. The van der Waals surface area contributed by atoms with Gasteiger partial charge in [-0.25, -0.2) is 0 Å². The molecule has 1 unspecified atom stereocenters. The summed E-state index contributed by atoms with van der Waals surface area (Å²) in [6.07, 6.45) is 4.91. The number of rotatable bonds is 10. The Morgan fingerprint density at radius 3 is 2.42 bits per heavy atom. The van der Waals surface area contributed by atoms with E-state index in [0.717, 1.165) is 35.3 Å². The van der Waals surface area contributed by atoms with Crippen LogP contribution < -0.4 is 9.47 Å². The summed E-state index contributed by atoms with van der Waals surface area (Å²) in [5.41, 5.74) is 1.21. The minimum atomic E-state index is 0.487. The second-order valence-electron chi connectivity index (χ2n) is 6.38. The molecule has 0 aliphatic carbocycles. The summed E-state index contributed by atoms with van der Waals surface area (Å²) in [5, 5.41) is 2.21. The molecule has 2 nitrogen and oxygen atoms in total. The number of hydrogen-bond acceptors (Lipinski definition) is 2. The lowest BCUT2D eigenvalue weighted by molar-refractivity contribution is 0.235. The van der Waals surface area contributed by atoms with Gasteiger partial charge in [0.1, 0.15) is 18.1 Å². The predicted molar refractivity (Wildman–Crippen MR) is 104 cm³/mol. The number of fused-ring (bicyclic) bond motifs is 1. The maximum atomic E-state index is 6.19. The molecule has 0 aromatic heterocycles. The number of hydrogen-bond donors (Lipinski definition) is 0. The molecule has 0 heterocycles. The molecular formula is C21H29ClO2. The van der Waals surface area contributed by atoms with E-state index in [-0.39, 0.29) is 0 Å². The van der Waals surface area contributed by atoms with Crippen molar-refractivity contribution in [2.24, 2.45) is 5.92 Å². The van der Waals surface area contributed by atoms with E-state index in [1.807, 2.05) is 12.1 Å². The molecule has 0 amide bonds. The van der Waals surface area contributed by atoms with Gasteiger partial charge in [0.25, 0.3) is 0 Å². The molecule has 0 spiro atoms. The standard InChI is InChI=1S/C21H29ClO2/c1-4-6-7-17(5-2)15-24-20-10-11-21(23-13-12-22)19-14-16(3)8-9-18(19)20/h8-11,14,17H,4-7,12-13,15H2,1-3H3. The summed E-state index contributed by atoms with van der Waals surface area (Å²) < 4.78 is 12.0. The first-order valence-corrected chi connectivity index (χ1v) is 9.58. The number of aryl methyl sites for hydroxylation is 1. The van der Waals surface area contributed by atoms with E-state index >= 15 is 0 Å². The van der Waals surface area contributed by atoms with Crippen LogP contribution in [0, 0.1) is 12.8 Å². The molecule has 1 atom stereocenters. The fraction of sp³-hybridized carbons (Fsp3) is 0.524. The Morgan fingerprint density at radius 1 is 1.00 bits per heavy atom. The van der Waals surface area contributed by atoms with Gasteiger partial charge in [-0.3, -0.25) is 0 Å². The molecule has 0 bridgehead atoms. The summed E-state index contributed by atoms with van der Waals surface area (Å²) in [6, 6.07) is 10.4. The highest BCUT2D eigenvalue weighted by Crippen LogP contribution is 2.34. The second kappa shape index (κ2) is 9.78. The molecule has 0 saturated carbocycles. The van der Waals surface area contributed by atoms with Crippen LogP contribution in [0.3, 0.4) is 0 Å². The minimum Gasteiger partial charge on any atom is -0.493 e. The van der Waals surface area contributed by atoms with Crippen LogP contribution in [-0.2, 0) is 0 Å². The van der Waals surface area contributed by atoms with Crippen LogP contribution in [0.15, 0.2) is 30.3 Å². The number of alkyl halides is 1. The van der Waals surface area contributed by atoms with Gasteiger partial charge >= 0.3 is 0 Å². The fourth-order valence-corrected chi connectivity index (χ4v) is 2.99. The van der Waals surface area contributed by atoms with Crippen molar-refractivity contribution in [3.8, 4) is 11.5 Å². The van der Waals surface area contributed by atoms with Gasteiger partial charge in [0, 0.05) is 10.8 Å². The van der Waals surface area contributed by atoms with Crippen LogP contribution in [0.1, 0.15) is 45.1 Å². The number of halogens is 1. The van der Waals surface area contributed by atoms with E-state index < -0.39 is 0 Å². The largest absolute Gasteiger partial charge is 0.493 e. The monoisotopic (exact) mass is 348 g/mol. The summed E-state index contributed by atoms with van der Waals surface area (Å²) in [5.74, 6) is 2.93. The fourth-order valence-electron chi connectivity index (χ4n) is 2.91. The van der Waals surface area contributed by atoms with Crippen LogP contribution >= 0.6 is 11.6 Å². The number of benzene rings is 2. The van der Waals surface area contributed by atoms with E-state index in [9.17, 15) is 0 Å². The highest BCUT2D eigenvalue weighted by atomic mass is 35.5. The Hall–Kier alpha value is -1.41. The van der Waals surface area contributed by atoms with Crippen LogP contribution in [0.4, 0.5) is 0 Å². The number of ether oxygens (including phenoxy) is 2. The Morgan fingerprint density at radius 2 is 1.75 bits per heavy atom. The maximum absolute atomic E-state index is 6.19. The van der Waals surface area contributed by atoms with Gasteiger partial charge in [-0.05, 0) is 37.5 Å². The van der Waals surface area contributed by atoms with Gasteiger partial charge in [-0.15, -0.1) is 11.6 Å². The molecule has 0 radical (unpaired) electrons. The Balaban J connectivity index is 2.21. The quantitative estimate of drug-likeness (QED) is 0.465. The van der Waals surface area contributed by atoms with E-state index in [1.165, 1.54) is 24.8 Å². The van der Waals surface area contributed by atoms with Gasteiger partial charge < -0.3 is 9.47 Å². The van der Waals surface area contributed by atoms with Crippen molar-refractivity contribution in [2.75, 3.05) is 19.1 Å². The van der Waals surface area contributed by atoms with E-state index in [2.05, 4.69) is 39.0 Å². The van der Waals surface area contributed by atoms with Crippen LogP contribution in [0.2, 0.25) is 0 Å². The lowest BCUT2D eigenvalue weighted by Crippen LogP contribution is -2.11. The minimum absolute atomic E-state index is 0.487. The van der Waals surface area contributed by atoms with Crippen molar-refractivity contribution in [3.63, 3.8) is 0 Å². The highest BCUT2D eigenvalue weighted by molar-refractivity contribution is 6.18. The molecule has 0 aliphatic rings. The summed E-state index contributed by atoms with van der Waals surface area (Å²) >= 11 is 5.76. The average molecular weight is 349 g/mol. The first kappa shape index (κ1) is 18.9. The zero-order valence-corrected chi connectivity index (χ0v) is 15.9. The first-order chi connectivity index (χ1) is 11.7. The lowest BCUT2D eigenvalue weighted by atomic mass is 10.0. The third kappa shape index (κ3) is 5.04. The predicted octanol–water partition coefficient (Wildman–Crippen LogP) is 6.36. The lowest BCUT2D eigenvalue weighted by Gasteiger charge is -2.18. The Labute approximate surface area is 151 Å². The zero-order valence-electron chi connectivity index (χ0n) is 15.1. The first-order valence-electron chi connectivity index (χ1n) is 9.04. The molecule has 0 saturated heterocycles. The zero-order chi connectivity index (χ0) is 17.4. The summed E-state index contributed by atoms with van der Waals surface area (Å²) in [6.45, 7) is 7.87. The molecule has 24 heavy (non-hydrogen) atoms. The third-order valence-electron chi connectivity index (χ3n) is 4.44. The van der Waals surface area contributed by atoms with Gasteiger partial charge in [-0.1, -0.05) is 50.8 Å². The van der Waals surface area contributed by atoms with Crippen molar-refractivity contribution in [2.45, 2.75) is 46.5 Å². The van der Waals surface area contributed by atoms with Crippen LogP contribution in [0.5, 0.6) is 11.5 Å².